The molecule has 0 saturated heterocycles. The maximum absolute atomic E-state index is 14.5. The number of hydrogen-bond acceptors (Lipinski definition) is 7. The van der Waals surface area contributed by atoms with E-state index in [9.17, 15) is 9.59 Å². The Bertz CT molecular complexity index is 2350. The molecular formula is C38H34BrCl2N3O5S. The Balaban J connectivity index is 1.50. The van der Waals surface area contributed by atoms with Crippen LogP contribution in [0.3, 0.4) is 0 Å². The van der Waals surface area contributed by atoms with Gasteiger partial charge in [0.2, 0.25) is 0 Å². The zero-order valence-corrected chi connectivity index (χ0v) is 32.0. The lowest BCUT2D eigenvalue weighted by molar-refractivity contribution is -0.127. The molecule has 12 heteroatoms. The van der Waals surface area contributed by atoms with Crippen LogP contribution >= 0.6 is 50.5 Å². The first kappa shape index (κ1) is 35.7. The molecule has 8 nitrogen and oxygen atoms in total. The Kier molecular flexibility index (Phi) is 10.7. The summed E-state index contributed by atoms with van der Waals surface area (Å²) in [6.45, 7) is 6.92. The molecule has 0 bridgehead atoms. The van der Waals surface area contributed by atoms with Gasteiger partial charge in [-0.1, -0.05) is 70.9 Å². The highest BCUT2D eigenvalue weighted by Crippen LogP contribution is 2.41. The van der Waals surface area contributed by atoms with E-state index in [-0.39, 0.29) is 18.1 Å². The standard InChI is InChI=1S/C38H34BrCl2N3O5S/c1-6-43(7-2)37(46)32-21(3)42-38-44(34(32)33-26-11-9-8-10-23(26)13-15-29(33)47-4)36(45)31(50-38)18-22-16-27(39)35(30(17-22)48-5)49-20-24-12-14-25(40)19-28(24)41/h8-19,34H,6-7,20H2,1-5H3/b31-18+/t34-/m0/s1. The number of allylic oxidation sites excluding steroid dienone is 1. The van der Waals surface area contributed by atoms with Crippen molar-refractivity contribution in [1.29, 1.82) is 0 Å². The monoisotopic (exact) mass is 793 g/mol. The fraction of sp³-hybridized carbons (Fsp3) is 0.237. The summed E-state index contributed by atoms with van der Waals surface area (Å²) in [4.78, 5) is 35.9. The van der Waals surface area contributed by atoms with Crippen LogP contribution in [0.5, 0.6) is 17.2 Å². The van der Waals surface area contributed by atoms with Gasteiger partial charge in [-0.3, -0.25) is 14.2 Å². The molecule has 0 spiro atoms. The van der Waals surface area contributed by atoms with Crippen LogP contribution in [0.1, 0.15) is 43.5 Å². The smallest absolute Gasteiger partial charge is 0.271 e. The van der Waals surface area contributed by atoms with Crippen LogP contribution in [-0.2, 0) is 11.4 Å². The van der Waals surface area contributed by atoms with Crippen molar-refractivity contribution < 1.29 is 19.0 Å². The number of fused-ring (bicyclic) bond motifs is 2. The van der Waals surface area contributed by atoms with Gasteiger partial charge in [0.05, 0.1) is 34.5 Å². The number of ether oxygens (including phenoxy) is 3. The van der Waals surface area contributed by atoms with Gasteiger partial charge in [-0.05, 0) is 89.4 Å². The van der Waals surface area contributed by atoms with E-state index < -0.39 is 6.04 Å². The summed E-state index contributed by atoms with van der Waals surface area (Å²) < 4.78 is 20.4. The minimum atomic E-state index is -0.778. The molecule has 0 fully saturated rings. The number of thiazole rings is 1. The summed E-state index contributed by atoms with van der Waals surface area (Å²) in [5.74, 6) is 1.35. The Labute approximate surface area is 312 Å². The van der Waals surface area contributed by atoms with E-state index in [4.69, 9.17) is 42.4 Å². The molecule has 5 aromatic rings. The summed E-state index contributed by atoms with van der Waals surface area (Å²) in [6, 6.07) is 19.9. The van der Waals surface area contributed by atoms with Crippen LogP contribution in [0.25, 0.3) is 16.8 Å². The highest BCUT2D eigenvalue weighted by molar-refractivity contribution is 9.10. The molecular weight excluding hydrogens is 761 g/mol. The second-order valence-corrected chi connectivity index (χ2v) is 14.2. The van der Waals surface area contributed by atoms with Crippen molar-refractivity contribution in [2.75, 3.05) is 27.3 Å². The summed E-state index contributed by atoms with van der Waals surface area (Å²) >= 11 is 17.3. The third kappa shape index (κ3) is 6.69. The van der Waals surface area contributed by atoms with Crippen molar-refractivity contribution >= 4 is 73.2 Å². The molecule has 4 aromatic carbocycles. The maximum Gasteiger partial charge on any atom is 0.271 e. The molecule has 1 aromatic heterocycles. The molecule has 0 N–H and O–H groups in total. The van der Waals surface area contributed by atoms with Crippen LogP contribution in [-0.4, -0.2) is 42.7 Å². The number of benzene rings is 4. The van der Waals surface area contributed by atoms with Crippen molar-refractivity contribution in [2.24, 2.45) is 4.99 Å². The number of hydrogen-bond donors (Lipinski definition) is 0. The topological polar surface area (TPSA) is 82.4 Å². The number of carbonyl (C=O) groups excluding carboxylic acids is 1. The van der Waals surface area contributed by atoms with E-state index in [1.165, 1.54) is 11.3 Å². The van der Waals surface area contributed by atoms with E-state index >= 15 is 0 Å². The molecule has 0 aliphatic carbocycles. The zero-order chi connectivity index (χ0) is 35.7. The van der Waals surface area contributed by atoms with Crippen molar-refractivity contribution in [3.63, 3.8) is 0 Å². The van der Waals surface area contributed by atoms with E-state index in [1.54, 1.807) is 48.0 Å². The van der Waals surface area contributed by atoms with Crippen LogP contribution in [0.15, 0.2) is 92.3 Å². The van der Waals surface area contributed by atoms with Crippen LogP contribution in [0, 0.1) is 0 Å². The molecule has 6 rings (SSSR count). The number of halogens is 3. The van der Waals surface area contributed by atoms with Gasteiger partial charge in [0.25, 0.3) is 11.5 Å². The second-order valence-electron chi connectivity index (χ2n) is 11.5. The molecule has 2 heterocycles. The van der Waals surface area contributed by atoms with Crippen molar-refractivity contribution in [3.8, 4) is 17.2 Å². The molecule has 1 atom stereocenters. The highest BCUT2D eigenvalue weighted by atomic mass is 79.9. The van der Waals surface area contributed by atoms with E-state index in [0.29, 0.717) is 71.0 Å². The third-order valence-electron chi connectivity index (χ3n) is 8.66. The first-order chi connectivity index (χ1) is 24.1. The number of amides is 1. The Morgan fingerprint density at radius 3 is 2.46 bits per heavy atom. The van der Waals surface area contributed by atoms with Gasteiger partial charge in [0.1, 0.15) is 18.4 Å². The zero-order valence-electron chi connectivity index (χ0n) is 28.1. The highest BCUT2D eigenvalue weighted by Gasteiger charge is 2.36. The first-order valence-electron chi connectivity index (χ1n) is 15.9. The van der Waals surface area contributed by atoms with E-state index in [1.807, 2.05) is 69.3 Å². The van der Waals surface area contributed by atoms with Gasteiger partial charge in [-0.2, -0.15) is 0 Å². The van der Waals surface area contributed by atoms with Gasteiger partial charge in [0, 0.05) is 34.3 Å². The second kappa shape index (κ2) is 15.0. The number of methoxy groups -OCH3 is 2. The molecule has 0 unspecified atom stereocenters. The van der Waals surface area contributed by atoms with Gasteiger partial charge < -0.3 is 19.1 Å². The van der Waals surface area contributed by atoms with Gasteiger partial charge in [0.15, 0.2) is 16.3 Å². The summed E-state index contributed by atoms with van der Waals surface area (Å²) in [7, 11) is 3.15. The lowest BCUT2D eigenvalue weighted by Crippen LogP contribution is -2.43. The third-order valence-corrected chi connectivity index (χ3v) is 10.8. The quantitative estimate of drug-likeness (QED) is 0.144. The largest absolute Gasteiger partial charge is 0.496 e. The Hall–Kier alpha value is -4.09. The molecule has 1 aliphatic heterocycles. The Morgan fingerprint density at radius 2 is 1.76 bits per heavy atom. The first-order valence-corrected chi connectivity index (χ1v) is 18.3. The number of carbonyl (C=O) groups is 1. The summed E-state index contributed by atoms with van der Waals surface area (Å²) in [5, 5.41) is 2.88. The lowest BCUT2D eigenvalue weighted by Gasteiger charge is -2.30. The van der Waals surface area contributed by atoms with Gasteiger partial charge in [-0.15, -0.1) is 0 Å². The lowest BCUT2D eigenvalue weighted by atomic mass is 9.90. The SMILES string of the molecule is CCN(CC)C(=O)C1=C(C)N=c2s/c(=C/c3cc(Br)c(OCc4ccc(Cl)cc4Cl)c(OC)c3)c(=O)n2[C@@H]1c1c(OC)ccc2ccccc12. The normalized spacial score (nSPS) is 14.4. The minimum absolute atomic E-state index is 0.172. The predicted molar refractivity (Wildman–Crippen MR) is 204 cm³/mol. The summed E-state index contributed by atoms with van der Waals surface area (Å²) in [6.07, 6.45) is 1.79. The molecule has 258 valence electrons. The van der Waals surface area contributed by atoms with E-state index in [2.05, 4.69) is 15.9 Å². The van der Waals surface area contributed by atoms with Gasteiger partial charge >= 0.3 is 0 Å². The molecule has 50 heavy (non-hydrogen) atoms. The minimum Gasteiger partial charge on any atom is -0.496 e. The fourth-order valence-corrected chi connectivity index (χ4v) is 8.27. The van der Waals surface area contributed by atoms with Crippen molar-refractivity contribution in [3.05, 3.63) is 129 Å². The number of nitrogens with zero attached hydrogens (tertiary/aromatic N) is 3. The maximum atomic E-state index is 14.5. The number of rotatable bonds is 10. The summed E-state index contributed by atoms with van der Waals surface area (Å²) in [5.41, 5.74) is 2.91. The fourth-order valence-electron chi connectivity index (χ4n) is 6.19. The van der Waals surface area contributed by atoms with Crippen molar-refractivity contribution in [2.45, 2.75) is 33.4 Å². The van der Waals surface area contributed by atoms with Crippen LogP contribution < -0.4 is 29.1 Å². The number of aromatic nitrogens is 1. The average molecular weight is 796 g/mol. The van der Waals surface area contributed by atoms with Crippen LogP contribution in [0.2, 0.25) is 10.0 Å². The predicted octanol–water partition coefficient (Wildman–Crippen LogP) is 7.92. The van der Waals surface area contributed by atoms with E-state index in [0.717, 1.165) is 21.9 Å². The van der Waals surface area contributed by atoms with Gasteiger partial charge in [-0.25, -0.2) is 4.99 Å². The molecule has 0 radical (unpaired) electrons. The average Bonchev–Trinajstić information content (AvgIpc) is 3.41. The van der Waals surface area contributed by atoms with Crippen LogP contribution in [0.4, 0.5) is 0 Å². The molecule has 1 aliphatic rings. The molecule has 0 saturated carbocycles. The molecule has 1 amide bonds. The Morgan fingerprint density at radius 1 is 1.02 bits per heavy atom. The van der Waals surface area contributed by atoms with Crippen molar-refractivity contribution in [1.82, 2.24) is 9.47 Å². The number of likely N-dealkylation sites (N-methyl/N-ethyl adjacent to an activating group) is 1.